The average molecular weight is 308 g/mol. The van der Waals surface area contributed by atoms with Gasteiger partial charge < -0.3 is 5.32 Å². The fourth-order valence-corrected chi connectivity index (χ4v) is 3.83. The van der Waals surface area contributed by atoms with Gasteiger partial charge in [-0.2, -0.15) is 0 Å². The van der Waals surface area contributed by atoms with Crippen LogP contribution < -0.4 is 5.32 Å². The second kappa shape index (κ2) is 5.01. The largest absolute Gasteiger partial charge is 0.315 e. The van der Waals surface area contributed by atoms with Crippen molar-refractivity contribution in [2.45, 2.75) is 16.7 Å². The number of sulfone groups is 1. The first-order valence-corrected chi connectivity index (χ1v) is 7.89. The lowest BCUT2D eigenvalue weighted by molar-refractivity contribution is -0.384. The van der Waals surface area contributed by atoms with E-state index in [-0.39, 0.29) is 10.7 Å². The average Bonchev–Trinajstić information content (AvgIpc) is 3.01. The molecule has 3 rings (SSSR count). The van der Waals surface area contributed by atoms with Crippen molar-refractivity contribution in [2.75, 3.05) is 13.1 Å². The van der Waals surface area contributed by atoms with Crippen LogP contribution in [0.5, 0.6) is 0 Å². The zero-order chi connectivity index (χ0) is 15.0. The fourth-order valence-electron chi connectivity index (χ4n) is 2.30. The number of hydrogen-bond acceptors (Lipinski definition) is 7. The van der Waals surface area contributed by atoms with Crippen molar-refractivity contribution >= 4 is 26.6 Å². The van der Waals surface area contributed by atoms with Crippen LogP contribution in [0.15, 0.2) is 29.4 Å². The summed E-state index contributed by atoms with van der Waals surface area (Å²) in [4.78, 5) is 18.3. The number of rotatable bonds is 3. The molecule has 8 nitrogen and oxygen atoms in total. The predicted molar refractivity (Wildman–Crippen MR) is 74.7 cm³/mol. The number of fused-ring (bicyclic) bond motifs is 1. The van der Waals surface area contributed by atoms with E-state index in [2.05, 4.69) is 15.3 Å². The minimum atomic E-state index is -3.53. The first-order chi connectivity index (χ1) is 9.98. The molecule has 1 aromatic carbocycles. The standard InChI is InChI=1S/C12H12N4O4S/c17-16(18)8-1-2-10-11(5-8)14-7-12(15-10)21(19,20)9-3-4-13-6-9/h1-2,5,7,9,13H,3-4,6H2/t9-/m1/s1. The molecule has 1 fully saturated rings. The van der Waals surface area contributed by atoms with Gasteiger partial charge in [-0.05, 0) is 19.0 Å². The Hall–Kier alpha value is -2.13. The van der Waals surface area contributed by atoms with E-state index in [0.29, 0.717) is 30.5 Å². The van der Waals surface area contributed by atoms with Crippen LogP contribution in [0, 0.1) is 10.1 Å². The van der Waals surface area contributed by atoms with Gasteiger partial charge in [0.05, 0.1) is 27.4 Å². The van der Waals surface area contributed by atoms with Gasteiger partial charge in [-0.15, -0.1) is 0 Å². The Morgan fingerprint density at radius 1 is 1.33 bits per heavy atom. The van der Waals surface area contributed by atoms with Crippen molar-refractivity contribution in [3.8, 4) is 0 Å². The van der Waals surface area contributed by atoms with Crippen molar-refractivity contribution in [3.63, 3.8) is 0 Å². The van der Waals surface area contributed by atoms with E-state index < -0.39 is 20.0 Å². The minimum absolute atomic E-state index is 0.0856. The Balaban J connectivity index is 2.05. The second-order valence-electron chi connectivity index (χ2n) is 4.80. The normalized spacial score (nSPS) is 19.0. The van der Waals surface area contributed by atoms with Gasteiger partial charge >= 0.3 is 0 Å². The number of non-ortho nitro benzene ring substituents is 1. The zero-order valence-electron chi connectivity index (χ0n) is 10.9. The van der Waals surface area contributed by atoms with Crippen molar-refractivity contribution < 1.29 is 13.3 Å². The molecule has 0 amide bonds. The highest BCUT2D eigenvalue weighted by Crippen LogP contribution is 2.22. The number of aromatic nitrogens is 2. The molecular formula is C12H12N4O4S. The summed E-state index contributed by atoms with van der Waals surface area (Å²) in [6.45, 7) is 1.07. The number of nitro groups is 1. The Bertz CT molecular complexity index is 815. The number of nitrogens with one attached hydrogen (secondary N) is 1. The van der Waals surface area contributed by atoms with E-state index in [9.17, 15) is 18.5 Å². The van der Waals surface area contributed by atoms with E-state index in [4.69, 9.17) is 0 Å². The van der Waals surface area contributed by atoms with Crippen molar-refractivity contribution in [1.29, 1.82) is 0 Å². The van der Waals surface area contributed by atoms with Gasteiger partial charge in [0.2, 0.25) is 9.84 Å². The molecule has 0 aliphatic carbocycles. The summed E-state index contributed by atoms with van der Waals surface area (Å²) in [5.41, 5.74) is 0.521. The smallest absolute Gasteiger partial charge is 0.271 e. The molecule has 1 aliphatic rings. The molecule has 1 atom stereocenters. The molecule has 110 valence electrons. The molecule has 1 saturated heterocycles. The number of nitro benzene ring substituents is 1. The molecule has 1 aromatic heterocycles. The van der Waals surface area contributed by atoms with E-state index in [1.807, 2.05) is 0 Å². The molecule has 1 aliphatic heterocycles. The summed E-state index contributed by atoms with van der Waals surface area (Å²) in [6.07, 6.45) is 1.71. The molecule has 0 unspecified atom stereocenters. The molecule has 0 bridgehead atoms. The molecule has 0 saturated carbocycles. The molecule has 0 radical (unpaired) electrons. The maximum Gasteiger partial charge on any atom is 0.271 e. The molecule has 21 heavy (non-hydrogen) atoms. The van der Waals surface area contributed by atoms with Gasteiger partial charge in [0.15, 0.2) is 5.03 Å². The predicted octanol–water partition coefficient (Wildman–Crippen LogP) is 0.674. The third-order valence-corrected chi connectivity index (χ3v) is 5.52. The first kappa shape index (κ1) is 13.8. The van der Waals surface area contributed by atoms with Gasteiger partial charge in [0.1, 0.15) is 0 Å². The third-order valence-electron chi connectivity index (χ3n) is 3.46. The van der Waals surface area contributed by atoms with E-state index in [1.54, 1.807) is 0 Å². The van der Waals surface area contributed by atoms with Crippen LogP contribution >= 0.6 is 0 Å². The highest BCUT2D eigenvalue weighted by Gasteiger charge is 2.31. The number of hydrogen-bond donors (Lipinski definition) is 1. The van der Waals surface area contributed by atoms with Gasteiger partial charge in [-0.1, -0.05) is 0 Å². The topological polar surface area (TPSA) is 115 Å². The molecule has 2 heterocycles. The van der Waals surface area contributed by atoms with Gasteiger partial charge in [-0.3, -0.25) is 15.1 Å². The Labute approximate surface area is 120 Å². The minimum Gasteiger partial charge on any atom is -0.315 e. The van der Waals surface area contributed by atoms with Gasteiger partial charge in [-0.25, -0.2) is 13.4 Å². The maximum atomic E-state index is 12.4. The van der Waals surface area contributed by atoms with Crippen LogP contribution in [0.1, 0.15) is 6.42 Å². The Morgan fingerprint density at radius 3 is 2.81 bits per heavy atom. The quantitative estimate of drug-likeness (QED) is 0.654. The molecule has 2 aromatic rings. The van der Waals surface area contributed by atoms with Crippen LogP contribution in [0.2, 0.25) is 0 Å². The SMILES string of the molecule is O=[N+]([O-])c1ccc2nc(S(=O)(=O)[C@@H]3CCNC3)cnc2c1. The van der Waals surface area contributed by atoms with Crippen molar-refractivity contribution in [2.24, 2.45) is 0 Å². The summed E-state index contributed by atoms with van der Waals surface area (Å²) >= 11 is 0. The monoisotopic (exact) mass is 308 g/mol. The number of nitrogens with zero attached hydrogens (tertiary/aromatic N) is 3. The summed E-state index contributed by atoms with van der Waals surface area (Å²) in [6, 6.07) is 3.97. The van der Waals surface area contributed by atoms with Gasteiger partial charge in [0, 0.05) is 18.7 Å². The molecule has 0 spiro atoms. The van der Waals surface area contributed by atoms with Crippen LogP contribution in [-0.4, -0.2) is 41.6 Å². The lowest BCUT2D eigenvalue weighted by atomic mass is 10.3. The Morgan fingerprint density at radius 2 is 2.14 bits per heavy atom. The van der Waals surface area contributed by atoms with E-state index in [0.717, 1.165) is 0 Å². The van der Waals surface area contributed by atoms with Crippen LogP contribution in [0.25, 0.3) is 11.0 Å². The van der Waals surface area contributed by atoms with Gasteiger partial charge in [0.25, 0.3) is 5.69 Å². The van der Waals surface area contributed by atoms with E-state index >= 15 is 0 Å². The molecular weight excluding hydrogens is 296 g/mol. The third kappa shape index (κ3) is 2.45. The molecule has 9 heteroatoms. The summed E-state index contributed by atoms with van der Waals surface area (Å²) in [5.74, 6) is 0. The first-order valence-electron chi connectivity index (χ1n) is 6.34. The van der Waals surface area contributed by atoms with Crippen LogP contribution in [0.4, 0.5) is 5.69 Å². The van der Waals surface area contributed by atoms with Crippen LogP contribution in [0.3, 0.4) is 0 Å². The zero-order valence-corrected chi connectivity index (χ0v) is 11.7. The lowest BCUT2D eigenvalue weighted by Crippen LogP contribution is -2.24. The highest BCUT2D eigenvalue weighted by atomic mass is 32.2. The Kier molecular flexibility index (Phi) is 3.30. The van der Waals surface area contributed by atoms with Crippen molar-refractivity contribution in [3.05, 3.63) is 34.5 Å². The van der Waals surface area contributed by atoms with Crippen LogP contribution in [-0.2, 0) is 9.84 Å². The fraction of sp³-hybridized carbons (Fsp3) is 0.333. The maximum absolute atomic E-state index is 12.4. The summed E-state index contributed by atoms with van der Waals surface area (Å²) in [5, 5.41) is 13.1. The second-order valence-corrected chi connectivity index (χ2v) is 6.97. The van der Waals surface area contributed by atoms with E-state index in [1.165, 1.54) is 24.4 Å². The molecule has 1 N–H and O–H groups in total. The van der Waals surface area contributed by atoms with Crippen molar-refractivity contribution in [1.82, 2.24) is 15.3 Å². The number of benzene rings is 1. The summed E-state index contributed by atoms with van der Waals surface area (Å²) in [7, 11) is -3.53. The lowest BCUT2D eigenvalue weighted by Gasteiger charge is -2.09. The summed E-state index contributed by atoms with van der Waals surface area (Å²) < 4.78 is 24.8. The highest BCUT2D eigenvalue weighted by molar-refractivity contribution is 7.92.